The van der Waals surface area contributed by atoms with Crippen LogP contribution in [0.15, 0.2) is 0 Å². The van der Waals surface area contributed by atoms with Crippen molar-refractivity contribution in [1.29, 1.82) is 0 Å². The summed E-state index contributed by atoms with van der Waals surface area (Å²) in [5.74, 6) is -0.784. The first-order chi connectivity index (χ1) is 9.58. The molecular weight excluding hydrogens is 264 g/mol. The Kier molecular flexibility index (Phi) is 5.33. The Labute approximate surface area is 118 Å². The molecule has 7 nitrogen and oxygen atoms in total. The first kappa shape index (κ1) is 15.2. The molecule has 2 aliphatic heterocycles. The minimum Gasteiger partial charge on any atom is -0.481 e. The Balaban J connectivity index is 1.88. The monoisotopic (exact) mass is 286 g/mol. The lowest BCUT2D eigenvalue weighted by Crippen LogP contribution is -2.55. The van der Waals surface area contributed by atoms with E-state index in [0.717, 1.165) is 0 Å². The third kappa shape index (κ3) is 3.91. The predicted octanol–water partition coefficient (Wildman–Crippen LogP) is -0.591. The van der Waals surface area contributed by atoms with Crippen LogP contribution in [0, 0.1) is 0 Å². The first-order valence-electron chi connectivity index (χ1n) is 7.02. The van der Waals surface area contributed by atoms with E-state index >= 15 is 0 Å². The molecule has 2 fully saturated rings. The van der Waals surface area contributed by atoms with E-state index in [-0.39, 0.29) is 24.5 Å². The molecule has 1 N–H and O–H groups in total. The molecule has 2 unspecified atom stereocenters. The summed E-state index contributed by atoms with van der Waals surface area (Å²) in [6.45, 7) is 5.93. The normalized spacial score (nSPS) is 26.2. The summed E-state index contributed by atoms with van der Waals surface area (Å²) in [6, 6.07) is -0.242. The van der Waals surface area contributed by atoms with E-state index in [9.17, 15) is 9.59 Å². The van der Waals surface area contributed by atoms with Crippen molar-refractivity contribution in [3.05, 3.63) is 0 Å². The zero-order chi connectivity index (χ0) is 14.5. The molecule has 20 heavy (non-hydrogen) atoms. The maximum atomic E-state index is 12.4. The number of amides is 1. The van der Waals surface area contributed by atoms with Crippen LogP contribution in [0.3, 0.4) is 0 Å². The second kappa shape index (κ2) is 7.01. The molecule has 0 aromatic carbocycles. The SMILES string of the molecule is CC(C(=O)N1CCOCC1)N1CCOC(CC(=O)O)C1. The van der Waals surface area contributed by atoms with Gasteiger partial charge in [0.1, 0.15) is 0 Å². The zero-order valence-corrected chi connectivity index (χ0v) is 11.8. The van der Waals surface area contributed by atoms with Gasteiger partial charge in [-0.15, -0.1) is 0 Å². The van der Waals surface area contributed by atoms with Gasteiger partial charge >= 0.3 is 5.97 Å². The van der Waals surface area contributed by atoms with Gasteiger partial charge in [0, 0.05) is 26.2 Å². The van der Waals surface area contributed by atoms with Crippen LogP contribution >= 0.6 is 0 Å². The Hall–Kier alpha value is -1.18. The van der Waals surface area contributed by atoms with Crippen molar-refractivity contribution >= 4 is 11.9 Å². The van der Waals surface area contributed by atoms with E-state index in [1.165, 1.54) is 0 Å². The lowest BCUT2D eigenvalue weighted by atomic mass is 10.1. The van der Waals surface area contributed by atoms with Gasteiger partial charge in [-0.3, -0.25) is 14.5 Å². The number of nitrogens with zero attached hydrogens (tertiary/aromatic N) is 2. The quantitative estimate of drug-likeness (QED) is 0.744. The minimum absolute atomic E-state index is 0.0189. The number of carbonyl (C=O) groups is 2. The molecule has 2 saturated heterocycles. The first-order valence-corrected chi connectivity index (χ1v) is 7.02. The average molecular weight is 286 g/mol. The van der Waals surface area contributed by atoms with Crippen molar-refractivity contribution in [3.63, 3.8) is 0 Å². The van der Waals surface area contributed by atoms with Gasteiger partial charge in [-0.2, -0.15) is 0 Å². The van der Waals surface area contributed by atoms with Crippen LogP contribution in [0.25, 0.3) is 0 Å². The largest absolute Gasteiger partial charge is 0.481 e. The van der Waals surface area contributed by atoms with E-state index in [1.54, 1.807) is 0 Å². The van der Waals surface area contributed by atoms with Crippen molar-refractivity contribution in [3.8, 4) is 0 Å². The van der Waals surface area contributed by atoms with Crippen molar-refractivity contribution in [2.45, 2.75) is 25.5 Å². The maximum Gasteiger partial charge on any atom is 0.306 e. The van der Waals surface area contributed by atoms with E-state index in [4.69, 9.17) is 14.6 Å². The van der Waals surface area contributed by atoms with E-state index in [0.29, 0.717) is 46.0 Å². The average Bonchev–Trinajstić information content (AvgIpc) is 2.46. The standard InChI is InChI=1S/C13H22N2O5/c1-10(13(18)14-2-5-19-6-3-14)15-4-7-20-11(9-15)8-12(16)17/h10-11H,2-9H2,1H3,(H,16,17). The molecule has 7 heteroatoms. The van der Waals surface area contributed by atoms with Crippen LogP contribution in [-0.4, -0.2) is 84.9 Å². The number of carboxylic acids is 1. The fourth-order valence-corrected chi connectivity index (χ4v) is 2.62. The second-order valence-electron chi connectivity index (χ2n) is 5.20. The summed E-state index contributed by atoms with van der Waals surface area (Å²) in [7, 11) is 0. The summed E-state index contributed by atoms with van der Waals surface area (Å²) >= 11 is 0. The van der Waals surface area contributed by atoms with Crippen LogP contribution in [0.1, 0.15) is 13.3 Å². The number of ether oxygens (including phenoxy) is 2. The molecule has 2 atom stereocenters. The highest BCUT2D eigenvalue weighted by atomic mass is 16.5. The van der Waals surface area contributed by atoms with Crippen LogP contribution in [0.4, 0.5) is 0 Å². The van der Waals surface area contributed by atoms with E-state index < -0.39 is 5.97 Å². The van der Waals surface area contributed by atoms with Crippen LogP contribution < -0.4 is 0 Å². The second-order valence-corrected chi connectivity index (χ2v) is 5.20. The minimum atomic E-state index is -0.871. The van der Waals surface area contributed by atoms with Crippen molar-refractivity contribution in [1.82, 2.24) is 9.80 Å². The molecule has 0 spiro atoms. The fourth-order valence-electron chi connectivity index (χ4n) is 2.62. The Morgan fingerprint density at radius 2 is 1.95 bits per heavy atom. The van der Waals surface area contributed by atoms with Crippen LogP contribution in [0.5, 0.6) is 0 Å². The number of hydrogen-bond donors (Lipinski definition) is 1. The molecule has 0 aliphatic carbocycles. The lowest BCUT2D eigenvalue weighted by molar-refractivity contribution is -0.146. The number of carbonyl (C=O) groups excluding carboxylic acids is 1. The summed E-state index contributed by atoms with van der Waals surface area (Å²) in [6.07, 6.45) is -0.351. The van der Waals surface area contributed by atoms with E-state index in [1.807, 2.05) is 16.7 Å². The zero-order valence-electron chi connectivity index (χ0n) is 11.8. The van der Waals surface area contributed by atoms with Gasteiger partial charge in [0.05, 0.1) is 38.4 Å². The topological polar surface area (TPSA) is 79.3 Å². The Morgan fingerprint density at radius 1 is 1.25 bits per heavy atom. The molecule has 0 saturated carbocycles. The molecule has 0 bridgehead atoms. The highest BCUT2D eigenvalue weighted by Gasteiger charge is 2.31. The maximum absolute atomic E-state index is 12.4. The van der Waals surface area contributed by atoms with Gasteiger partial charge in [-0.1, -0.05) is 0 Å². The third-order valence-corrected chi connectivity index (χ3v) is 3.80. The Morgan fingerprint density at radius 3 is 2.60 bits per heavy atom. The fraction of sp³-hybridized carbons (Fsp3) is 0.846. The molecule has 0 radical (unpaired) electrons. The van der Waals surface area contributed by atoms with Gasteiger partial charge in [0.15, 0.2) is 0 Å². The van der Waals surface area contributed by atoms with Gasteiger partial charge in [0.25, 0.3) is 0 Å². The lowest BCUT2D eigenvalue weighted by Gasteiger charge is -2.38. The van der Waals surface area contributed by atoms with Crippen LogP contribution in [-0.2, 0) is 19.1 Å². The molecular formula is C13H22N2O5. The predicted molar refractivity (Wildman–Crippen MR) is 70.4 cm³/mol. The molecule has 114 valence electrons. The molecule has 0 aromatic heterocycles. The van der Waals surface area contributed by atoms with Crippen molar-refractivity contribution in [2.75, 3.05) is 46.0 Å². The van der Waals surface area contributed by atoms with Crippen molar-refractivity contribution < 1.29 is 24.2 Å². The number of hydrogen-bond acceptors (Lipinski definition) is 5. The summed E-state index contributed by atoms with van der Waals surface area (Å²) in [5.41, 5.74) is 0. The smallest absolute Gasteiger partial charge is 0.306 e. The molecule has 2 rings (SSSR count). The summed E-state index contributed by atoms with van der Waals surface area (Å²) in [4.78, 5) is 27.0. The highest BCUT2D eigenvalue weighted by Crippen LogP contribution is 2.14. The number of aliphatic carboxylic acids is 1. The van der Waals surface area contributed by atoms with Gasteiger partial charge in [0.2, 0.25) is 5.91 Å². The third-order valence-electron chi connectivity index (χ3n) is 3.80. The van der Waals surface area contributed by atoms with Gasteiger partial charge in [-0.05, 0) is 6.92 Å². The van der Waals surface area contributed by atoms with Crippen LogP contribution in [0.2, 0.25) is 0 Å². The number of rotatable bonds is 4. The Bertz CT molecular complexity index is 357. The highest BCUT2D eigenvalue weighted by molar-refractivity contribution is 5.81. The summed E-state index contributed by atoms with van der Waals surface area (Å²) in [5, 5.41) is 8.82. The summed E-state index contributed by atoms with van der Waals surface area (Å²) < 4.78 is 10.7. The number of carboxylic acid groups (broad SMARTS) is 1. The van der Waals surface area contributed by atoms with E-state index in [2.05, 4.69) is 0 Å². The molecule has 2 heterocycles. The molecule has 0 aromatic rings. The van der Waals surface area contributed by atoms with Gasteiger partial charge < -0.3 is 19.5 Å². The van der Waals surface area contributed by atoms with Crippen molar-refractivity contribution in [2.24, 2.45) is 0 Å². The number of morpholine rings is 2. The molecule has 1 amide bonds. The molecule has 2 aliphatic rings. The van der Waals surface area contributed by atoms with Gasteiger partial charge in [-0.25, -0.2) is 0 Å².